The van der Waals surface area contributed by atoms with Crippen molar-refractivity contribution in [2.24, 2.45) is 0 Å². The van der Waals surface area contributed by atoms with Gasteiger partial charge in [-0.3, -0.25) is 9.69 Å². The third-order valence-electron chi connectivity index (χ3n) is 5.43. The van der Waals surface area contributed by atoms with Gasteiger partial charge in [-0.05, 0) is 30.7 Å². The van der Waals surface area contributed by atoms with Crippen LogP contribution in [0.4, 0.5) is 24.7 Å². The monoisotopic (exact) mass is 452 g/mol. The van der Waals surface area contributed by atoms with Crippen molar-refractivity contribution in [1.82, 2.24) is 9.88 Å². The van der Waals surface area contributed by atoms with E-state index in [4.69, 9.17) is 0 Å². The number of pyridine rings is 1. The number of anilines is 2. The van der Waals surface area contributed by atoms with E-state index in [1.165, 1.54) is 17.2 Å². The van der Waals surface area contributed by atoms with Gasteiger partial charge in [0.1, 0.15) is 11.6 Å². The van der Waals surface area contributed by atoms with Crippen molar-refractivity contribution < 1.29 is 27.8 Å². The quantitative estimate of drug-likeness (QED) is 0.749. The second-order valence-electron chi connectivity index (χ2n) is 7.19. The van der Waals surface area contributed by atoms with Gasteiger partial charge in [-0.1, -0.05) is 13.8 Å². The number of ether oxygens (including phenoxy) is 1. The Balaban J connectivity index is 0.00000141. The number of alkyl halides is 2. The topological polar surface area (TPSA) is 69.1 Å². The Morgan fingerprint density at radius 2 is 1.81 bits per heavy atom. The highest BCUT2D eigenvalue weighted by Crippen LogP contribution is 2.30. The molecule has 174 valence electrons. The largest absolute Gasteiger partial charge is 0.506 e. The summed E-state index contributed by atoms with van der Waals surface area (Å²) < 4.78 is 42.7. The molecular weight excluding hydrogens is 425 g/mol. The number of hydrogen-bond acceptors (Lipinski definition) is 6. The summed E-state index contributed by atoms with van der Waals surface area (Å²) >= 11 is 0. The average Bonchev–Trinajstić information content (AvgIpc) is 3.18. The lowest BCUT2D eigenvalue weighted by Crippen LogP contribution is -2.52. The van der Waals surface area contributed by atoms with Gasteiger partial charge in [0.25, 0.3) is 0 Å². The molecule has 1 unspecified atom stereocenters. The van der Waals surface area contributed by atoms with E-state index in [2.05, 4.69) is 19.5 Å². The summed E-state index contributed by atoms with van der Waals surface area (Å²) in [6.07, 6.45) is 2.00. The van der Waals surface area contributed by atoms with E-state index in [-0.39, 0.29) is 17.7 Å². The highest BCUT2D eigenvalue weighted by molar-refractivity contribution is 5.99. The third-order valence-corrected chi connectivity index (χ3v) is 5.43. The Bertz CT molecular complexity index is 906. The minimum absolute atomic E-state index is 0.110. The predicted molar refractivity (Wildman–Crippen MR) is 115 cm³/mol. The maximum Gasteiger partial charge on any atom is 0.387 e. The minimum Gasteiger partial charge on any atom is -0.506 e. The molecular formula is C22H27F3N4O3. The number of amides is 1. The molecule has 1 aromatic heterocycles. The number of hydrogen-bond donors (Lipinski definition) is 1. The molecule has 10 heteroatoms. The zero-order valence-corrected chi connectivity index (χ0v) is 18.0. The van der Waals surface area contributed by atoms with Gasteiger partial charge in [-0.2, -0.15) is 8.78 Å². The second-order valence-corrected chi connectivity index (χ2v) is 7.19. The Morgan fingerprint density at radius 3 is 2.41 bits per heavy atom. The van der Waals surface area contributed by atoms with Crippen LogP contribution in [0.15, 0.2) is 36.5 Å². The summed E-state index contributed by atoms with van der Waals surface area (Å²) in [4.78, 5) is 22.8. The first kappa shape index (κ1) is 23.6. The van der Waals surface area contributed by atoms with Crippen LogP contribution < -0.4 is 14.5 Å². The highest BCUT2D eigenvalue weighted by atomic mass is 19.3. The lowest BCUT2D eigenvalue weighted by molar-refractivity contribution is -0.121. The minimum atomic E-state index is -3.11. The summed E-state index contributed by atoms with van der Waals surface area (Å²) in [6, 6.07) is 6.61. The summed E-state index contributed by atoms with van der Waals surface area (Å²) in [5, 5.41) is 9.36. The van der Waals surface area contributed by atoms with E-state index in [0.29, 0.717) is 44.8 Å². The van der Waals surface area contributed by atoms with Crippen LogP contribution in [-0.2, 0) is 4.79 Å². The number of benzene rings is 1. The molecule has 3 heterocycles. The number of halogens is 3. The predicted octanol–water partition coefficient (Wildman–Crippen LogP) is 3.48. The van der Waals surface area contributed by atoms with Gasteiger partial charge in [0, 0.05) is 44.5 Å². The molecule has 2 aliphatic rings. The average molecular weight is 452 g/mol. The Hall–Kier alpha value is -3.01. The van der Waals surface area contributed by atoms with Crippen LogP contribution in [0.3, 0.4) is 0 Å². The molecule has 2 aliphatic heterocycles. The summed E-state index contributed by atoms with van der Waals surface area (Å²) in [5.74, 6) is -0.726. The fourth-order valence-electron chi connectivity index (χ4n) is 3.94. The van der Waals surface area contributed by atoms with E-state index >= 15 is 0 Å². The first-order valence-corrected chi connectivity index (χ1v) is 10.6. The van der Waals surface area contributed by atoms with Crippen LogP contribution in [-0.4, -0.2) is 66.3 Å². The van der Waals surface area contributed by atoms with Crippen molar-refractivity contribution >= 4 is 17.4 Å². The number of carbonyl (C=O) groups is 1. The van der Waals surface area contributed by atoms with Crippen LogP contribution in [0, 0.1) is 5.82 Å². The summed E-state index contributed by atoms with van der Waals surface area (Å²) in [7, 11) is 0. The third kappa shape index (κ3) is 5.24. The number of nitrogens with zero attached hydrogens (tertiary/aromatic N) is 4. The molecule has 2 aromatic rings. The number of aromatic nitrogens is 1. The summed E-state index contributed by atoms with van der Waals surface area (Å²) in [5.41, 5.74) is 0.327. The molecule has 1 amide bonds. The van der Waals surface area contributed by atoms with E-state index in [9.17, 15) is 23.1 Å². The number of piperazine rings is 1. The smallest absolute Gasteiger partial charge is 0.387 e. The fourth-order valence-corrected chi connectivity index (χ4v) is 3.94. The lowest BCUT2D eigenvalue weighted by Gasteiger charge is -2.37. The van der Waals surface area contributed by atoms with Crippen molar-refractivity contribution in [2.45, 2.75) is 32.9 Å². The molecule has 1 aromatic carbocycles. The molecule has 0 aliphatic carbocycles. The SMILES string of the molecule is CC.O=C1C(N2CCN(c3ccc(O)cn3)CC2)CCN1c1ccc(OC(F)F)c(F)c1. The van der Waals surface area contributed by atoms with E-state index in [1.807, 2.05) is 13.8 Å². The van der Waals surface area contributed by atoms with Crippen LogP contribution in [0.1, 0.15) is 20.3 Å². The molecule has 0 bridgehead atoms. The zero-order valence-electron chi connectivity index (χ0n) is 18.0. The second kappa shape index (κ2) is 10.5. The normalized spacial score (nSPS) is 19.2. The molecule has 0 saturated carbocycles. The first-order chi connectivity index (χ1) is 15.4. The maximum absolute atomic E-state index is 14.0. The van der Waals surface area contributed by atoms with E-state index in [1.54, 1.807) is 12.1 Å². The van der Waals surface area contributed by atoms with Crippen molar-refractivity contribution in [2.75, 3.05) is 42.5 Å². The summed E-state index contributed by atoms with van der Waals surface area (Å²) in [6.45, 7) is 4.03. The number of carbonyl (C=O) groups excluding carboxylic acids is 1. The van der Waals surface area contributed by atoms with Gasteiger partial charge in [-0.15, -0.1) is 0 Å². The number of rotatable bonds is 5. The first-order valence-electron chi connectivity index (χ1n) is 10.6. The van der Waals surface area contributed by atoms with Crippen LogP contribution >= 0.6 is 0 Å². The molecule has 7 nitrogen and oxygen atoms in total. The van der Waals surface area contributed by atoms with Gasteiger partial charge < -0.3 is 19.6 Å². The molecule has 0 radical (unpaired) electrons. The van der Waals surface area contributed by atoms with Gasteiger partial charge >= 0.3 is 6.61 Å². The maximum atomic E-state index is 14.0. The zero-order chi connectivity index (χ0) is 23.3. The standard InChI is InChI=1S/C20H21F3N4O3.C2H6/c21-15-11-13(1-3-17(15)30-20(22)23)27-6-5-16(19(27)29)25-7-9-26(10-8-25)18-4-2-14(28)12-24-18;1-2/h1-4,11-12,16,20,28H,5-10H2;1-2H3. The van der Waals surface area contributed by atoms with E-state index < -0.39 is 18.2 Å². The van der Waals surface area contributed by atoms with E-state index in [0.717, 1.165) is 18.0 Å². The molecule has 1 atom stereocenters. The Labute approximate surface area is 185 Å². The molecule has 4 rings (SSSR count). The van der Waals surface area contributed by atoms with Crippen LogP contribution in [0.25, 0.3) is 0 Å². The van der Waals surface area contributed by atoms with Gasteiger partial charge in [0.2, 0.25) is 5.91 Å². The molecule has 2 saturated heterocycles. The van der Waals surface area contributed by atoms with Crippen molar-refractivity contribution in [3.8, 4) is 11.5 Å². The molecule has 1 N–H and O–H groups in total. The molecule has 0 spiro atoms. The van der Waals surface area contributed by atoms with Crippen molar-refractivity contribution in [1.29, 1.82) is 0 Å². The van der Waals surface area contributed by atoms with Gasteiger partial charge in [0.15, 0.2) is 11.6 Å². The number of aromatic hydroxyl groups is 1. The molecule has 32 heavy (non-hydrogen) atoms. The van der Waals surface area contributed by atoms with Crippen molar-refractivity contribution in [3.63, 3.8) is 0 Å². The van der Waals surface area contributed by atoms with Crippen LogP contribution in [0.2, 0.25) is 0 Å². The lowest BCUT2D eigenvalue weighted by atomic mass is 10.1. The van der Waals surface area contributed by atoms with Gasteiger partial charge in [-0.25, -0.2) is 9.37 Å². The molecule has 2 fully saturated rings. The van der Waals surface area contributed by atoms with Crippen LogP contribution in [0.5, 0.6) is 11.5 Å². The van der Waals surface area contributed by atoms with Crippen molar-refractivity contribution in [3.05, 3.63) is 42.3 Å². The highest BCUT2D eigenvalue weighted by Gasteiger charge is 2.38. The Morgan fingerprint density at radius 1 is 1.09 bits per heavy atom. The van der Waals surface area contributed by atoms with Gasteiger partial charge in [0.05, 0.1) is 12.2 Å². The Kier molecular flexibility index (Phi) is 7.79. The fraction of sp³-hybridized carbons (Fsp3) is 0.455.